The molecule has 0 spiro atoms. The van der Waals surface area contributed by atoms with Gasteiger partial charge in [0.05, 0.1) is 19.3 Å². The first-order chi connectivity index (χ1) is 16.5. The number of esters is 1. The normalized spacial score (nSPS) is 13.9. The molecule has 35 heavy (non-hydrogen) atoms. The highest BCUT2D eigenvalue weighted by atomic mass is 35.5. The molecule has 2 atom stereocenters. The largest absolute Gasteiger partial charge is 0.463 e. The molecule has 0 aliphatic heterocycles. The minimum atomic E-state index is -2.12. The van der Waals surface area contributed by atoms with Crippen LogP contribution in [-0.4, -0.2) is 44.3 Å². The Balaban J connectivity index is 2.44. The van der Waals surface area contributed by atoms with Crippen LogP contribution in [-0.2, 0) is 25.3 Å². The zero-order valence-electron chi connectivity index (χ0n) is 21.7. The van der Waals surface area contributed by atoms with Crippen molar-refractivity contribution in [2.24, 2.45) is 0 Å². The number of nitrogens with zero attached hydrogens (tertiary/aromatic N) is 1. The smallest absolute Gasteiger partial charge is 0.330 e. The Morgan fingerprint density at radius 2 is 1.60 bits per heavy atom. The van der Waals surface area contributed by atoms with Gasteiger partial charge in [0.15, 0.2) is 8.32 Å². The summed E-state index contributed by atoms with van der Waals surface area (Å²) in [5.74, 6) is -0.707. The quantitative estimate of drug-likeness (QED) is 0.148. The van der Waals surface area contributed by atoms with Gasteiger partial charge in [-0.05, 0) is 36.2 Å². The molecule has 0 radical (unpaired) electrons. The van der Waals surface area contributed by atoms with E-state index >= 15 is 0 Å². The first-order valence-corrected chi connectivity index (χ1v) is 15.3. The summed E-state index contributed by atoms with van der Waals surface area (Å²) >= 11 is 6.70. The third-order valence-corrected chi connectivity index (χ3v) is 11.3. The van der Waals surface area contributed by atoms with Crippen LogP contribution in [0.15, 0.2) is 72.8 Å². The summed E-state index contributed by atoms with van der Waals surface area (Å²) in [4.78, 5) is 27.6. The highest BCUT2D eigenvalue weighted by Gasteiger charge is 2.38. The third kappa shape index (κ3) is 8.64. The molecule has 190 valence electrons. The Morgan fingerprint density at radius 3 is 2.14 bits per heavy atom. The number of carbonyl (C=O) groups is 2. The molecule has 0 heterocycles. The molecule has 0 bridgehead atoms. The lowest BCUT2D eigenvalue weighted by molar-refractivity contribution is -0.137. The molecule has 7 heteroatoms. The Morgan fingerprint density at radius 1 is 1.03 bits per heavy atom. The van der Waals surface area contributed by atoms with Gasteiger partial charge in [0, 0.05) is 12.6 Å². The van der Waals surface area contributed by atoms with Crippen LogP contribution in [0.4, 0.5) is 0 Å². The first kappa shape index (κ1) is 28.8. The minimum Gasteiger partial charge on any atom is -0.463 e. The Labute approximate surface area is 216 Å². The van der Waals surface area contributed by atoms with E-state index in [4.69, 9.17) is 20.8 Å². The highest BCUT2D eigenvalue weighted by molar-refractivity contribution is 6.74. The van der Waals surface area contributed by atoms with Crippen molar-refractivity contribution >= 4 is 31.8 Å². The van der Waals surface area contributed by atoms with Gasteiger partial charge in [0.1, 0.15) is 5.38 Å². The number of rotatable bonds is 11. The van der Waals surface area contributed by atoms with E-state index in [0.717, 1.165) is 11.1 Å². The van der Waals surface area contributed by atoms with Gasteiger partial charge in [-0.2, -0.15) is 0 Å². The summed E-state index contributed by atoms with van der Waals surface area (Å²) in [5.41, 5.74) is 1.68. The van der Waals surface area contributed by atoms with Crippen LogP contribution in [0.5, 0.6) is 0 Å². The molecule has 0 fully saturated rings. The van der Waals surface area contributed by atoms with Crippen LogP contribution in [0.1, 0.15) is 44.2 Å². The summed E-state index contributed by atoms with van der Waals surface area (Å²) in [5, 5.41) is -0.873. The van der Waals surface area contributed by atoms with E-state index < -0.39 is 25.7 Å². The van der Waals surface area contributed by atoms with Gasteiger partial charge in [-0.15, -0.1) is 11.6 Å². The standard InChI is InChI=1S/C28H38ClNO4Si/c1-7-33-25(31)19-18-24(21-34-35(5,6)28(2,3)4)30(20-22-14-10-8-11-15-22)27(32)26(29)23-16-12-9-13-17-23/h8-19,24,26H,7,20-21H2,1-6H3/b19-18+. The zero-order valence-corrected chi connectivity index (χ0v) is 23.4. The van der Waals surface area contributed by atoms with Gasteiger partial charge in [0.2, 0.25) is 5.91 Å². The number of hydrogen-bond acceptors (Lipinski definition) is 4. The van der Waals surface area contributed by atoms with Crippen LogP contribution < -0.4 is 0 Å². The van der Waals surface area contributed by atoms with Crippen LogP contribution in [0.25, 0.3) is 0 Å². The molecule has 2 aromatic carbocycles. The molecule has 0 saturated carbocycles. The van der Waals surface area contributed by atoms with Crippen LogP contribution >= 0.6 is 11.6 Å². The van der Waals surface area contributed by atoms with Gasteiger partial charge >= 0.3 is 5.97 Å². The second kappa shape index (κ2) is 13.0. The average Bonchev–Trinajstić information content (AvgIpc) is 2.82. The Bertz CT molecular complexity index is 973. The summed E-state index contributed by atoms with van der Waals surface area (Å²) < 4.78 is 11.6. The summed E-state index contributed by atoms with van der Waals surface area (Å²) in [7, 11) is -2.12. The van der Waals surface area contributed by atoms with Crippen LogP contribution in [0.2, 0.25) is 18.1 Å². The molecule has 0 aliphatic rings. The molecule has 0 aromatic heterocycles. The minimum absolute atomic E-state index is 0.00423. The molecular formula is C28H38ClNO4Si. The fraction of sp³-hybridized carbons (Fsp3) is 0.429. The third-order valence-electron chi connectivity index (χ3n) is 6.35. The summed E-state index contributed by atoms with van der Waals surface area (Å²) in [6, 6.07) is 18.5. The van der Waals surface area contributed by atoms with Crippen molar-refractivity contribution < 1.29 is 18.8 Å². The molecule has 0 aliphatic carbocycles. The number of alkyl halides is 1. The van der Waals surface area contributed by atoms with Gasteiger partial charge in [-0.25, -0.2) is 4.79 Å². The van der Waals surface area contributed by atoms with Crippen molar-refractivity contribution in [1.82, 2.24) is 4.90 Å². The zero-order chi connectivity index (χ0) is 26.1. The summed E-state index contributed by atoms with van der Waals surface area (Å²) in [6.45, 7) is 13.4. The van der Waals surface area contributed by atoms with Gasteiger partial charge in [-0.1, -0.05) is 87.5 Å². The van der Waals surface area contributed by atoms with Crippen molar-refractivity contribution in [1.29, 1.82) is 0 Å². The van der Waals surface area contributed by atoms with Gasteiger partial charge in [0.25, 0.3) is 0 Å². The predicted octanol–water partition coefficient (Wildman–Crippen LogP) is 6.51. The van der Waals surface area contributed by atoms with E-state index in [9.17, 15) is 9.59 Å². The number of hydrogen-bond donors (Lipinski definition) is 0. The molecule has 5 nitrogen and oxygen atoms in total. The predicted molar refractivity (Wildman–Crippen MR) is 145 cm³/mol. The van der Waals surface area contributed by atoms with E-state index in [-0.39, 0.29) is 24.2 Å². The maximum Gasteiger partial charge on any atom is 0.330 e. The maximum absolute atomic E-state index is 13.8. The van der Waals surface area contributed by atoms with Gasteiger partial charge in [-0.3, -0.25) is 4.79 Å². The van der Waals surface area contributed by atoms with E-state index in [0.29, 0.717) is 6.54 Å². The van der Waals surface area contributed by atoms with E-state index in [1.807, 2.05) is 60.7 Å². The molecule has 0 saturated heterocycles. The number of amides is 1. The van der Waals surface area contributed by atoms with Crippen LogP contribution in [0.3, 0.4) is 0 Å². The van der Waals surface area contributed by atoms with Crippen LogP contribution in [0, 0.1) is 0 Å². The number of ether oxygens (including phenoxy) is 1. The van der Waals surface area contributed by atoms with Crippen molar-refractivity contribution in [3.8, 4) is 0 Å². The fourth-order valence-corrected chi connectivity index (χ4v) is 4.48. The molecule has 2 aromatic rings. The maximum atomic E-state index is 13.8. The van der Waals surface area contributed by atoms with Crippen molar-refractivity contribution in [2.75, 3.05) is 13.2 Å². The average molecular weight is 516 g/mol. The lowest BCUT2D eigenvalue weighted by Crippen LogP contribution is -2.48. The monoisotopic (exact) mass is 515 g/mol. The molecule has 0 N–H and O–H groups in total. The number of carbonyl (C=O) groups excluding carboxylic acids is 2. The summed E-state index contributed by atoms with van der Waals surface area (Å²) in [6.07, 6.45) is 3.07. The van der Waals surface area contributed by atoms with E-state index in [1.165, 1.54) is 6.08 Å². The van der Waals surface area contributed by atoms with Crippen molar-refractivity contribution in [3.05, 3.63) is 83.9 Å². The lowest BCUT2D eigenvalue weighted by atomic mass is 10.1. The second-order valence-electron chi connectivity index (χ2n) is 9.97. The fourth-order valence-electron chi connectivity index (χ4n) is 3.19. The Hall–Kier alpha value is -2.41. The first-order valence-electron chi connectivity index (χ1n) is 12.0. The molecule has 2 unspecified atom stereocenters. The lowest BCUT2D eigenvalue weighted by Gasteiger charge is -2.39. The second-order valence-corrected chi connectivity index (χ2v) is 15.2. The van der Waals surface area contributed by atoms with Gasteiger partial charge < -0.3 is 14.1 Å². The number of halogens is 1. The topological polar surface area (TPSA) is 55.8 Å². The van der Waals surface area contributed by atoms with Crippen molar-refractivity contribution in [2.45, 2.75) is 63.8 Å². The van der Waals surface area contributed by atoms with E-state index in [2.05, 4.69) is 33.9 Å². The Kier molecular flexibility index (Phi) is 10.7. The van der Waals surface area contributed by atoms with E-state index in [1.54, 1.807) is 17.9 Å². The van der Waals surface area contributed by atoms with Crippen molar-refractivity contribution in [3.63, 3.8) is 0 Å². The highest BCUT2D eigenvalue weighted by Crippen LogP contribution is 2.37. The molecule has 1 amide bonds. The molecular weight excluding hydrogens is 478 g/mol. The SMILES string of the molecule is CCOC(=O)/C=C/C(CO[Si](C)(C)C(C)(C)C)N(Cc1ccccc1)C(=O)C(Cl)c1ccccc1. The molecule has 2 rings (SSSR count). The number of benzene rings is 2.